The van der Waals surface area contributed by atoms with Crippen LogP contribution in [0.5, 0.6) is 0 Å². The summed E-state index contributed by atoms with van der Waals surface area (Å²) in [6.07, 6.45) is -4.35. The van der Waals surface area contributed by atoms with Gasteiger partial charge in [0.25, 0.3) is 5.09 Å². The van der Waals surface area contributed by atoms with Crippen molar-refractivity contribution < 1.29 is 38.5 Å². The van der Waals surface area contributed by atoms with Gasteiger partial charge in [0.2, 0.25) is 6.29 Å². The molecule has 10 heteroatoms. The van der Waals surface area contributed by atoms with Crippen molar-refractivity contribution in [2.24, 2.45) is 0 Å². The highest BCUT2D eigenvalue weighted by molar-refractivity contribution is 5.86. The molecule has 2 aromatic rings. The first-order valence-corrected chi connectivity index (χ1v) is 9.70. The summed E-state index contributed by atoms with van der Waals surface area (Å²) in [6.45, 7) is 4.96. The van der Waals surface area contributed by atoms with E-state index in [9.17, 15) is 19.7 Å². The van der Waals surface area contributed by atoms with Crippen LogP contribution in [0.25, 0.3) is 10.8 Å². The molecular weight excluding hydrogens is 410 g/mol. The van der Waals surface area contributed by atoms with Crippen molar-refractivity contribution in [2.75, 3.05) is 13.2 Å². The second-order valence-corrected chi connectivity index (χ2v) is 7.27. The van der Waals surface area contributed by atoms with Gasteiger partial charge in [0.05, 0.1) is 19.1 Å². The molecule has 0 N–H and O–H groups in total. The van der Waals surface area contributed by atoms with Gasteiger partial charge in [-0.25, -0.2) is 4.79 Å². The minimum Gasteiger partial charge on any atom is -0.455 e. The molecule has 2 aromatic carbocycles. The third-order valence-electron chi connectivity index (χ3n) is 4.86. The lowest BCUT2D eigenvalue weighted by Gasteiger charge is -2.21. The standard InChI is InChI=1S/C21H23NO9/c1-12-4-5-17-9-15(6-7-16(17)8-12)13(2)20(23)29-18-10-27-11-19(18)30-21(24)28-14(3)31-22(25)26/h4-9,13-14,18-19H,10-11H2,1-3H3/t13-,14?,18?,19?/m0/s1. The van der Waals surface area contributed by atoms with Crippen molar-refractivity contribution in [1.29, 1.82) is 0 Å². The molecule has 1 aliphatic rings. The van der Waals surface area contributed by atoms with Crippen LogP contribution in [0, 0.1) is 17.0 Å². The first-order chi connectivity index (χ1) is 14.7. The average molecular weight is 433 g/mol. The van der Waals surface area contributed by atoms with Crippen molar-refractivity contribution in [1.82, 2.24) is 0 Å². The first kappa shape index (κ1) is 22.3. The van der Waals surface area contributed by atoms with Gasteiger partial charge in [-0.05, 0) is 37.1 Å². The van der Waals surface area contributed by atoms with E-state index in [4.69, 9.17) is 14.2 Å². The normalized spacial score (nSPS) is 20.0. The molecule has 0 aromatic heterocycles. The summed E-state index contributed by atoms with van der Waals surface area (Å²) in [5, 5.41) is 11.3. The predicted molar refractivity (Wildman–Crippen MR) is 107 cm³/mol. The van der Waals surface area contributed by atoms with Gasteiger partial charge in [-0.2, -0.15) is 0 Å². The number of aryl methyl sites for hydroxylation is 1. The molecule has 0 saturated carbocycles. The second kappa shape index (κ2) is 9.61. The minimum atomic E-state index is -1.44. The quantitative estimate of drug-likeness (QED) is 0.280. The van der Waals surface area contributed by atoms with Crippen molar-refractivity contribution in [3.63, 3.8) is 0 Å². The fraction of sp³-hybridized carbons (Fsp3) is 0.429. The molecule has 3 unspecified atom stereocenters. The van der Waals surface area contributed by atoms with Crippen molar-refractivity contribution >= 4 is 22.9 Å². The van der Waals surface area contributed by atoms with Crippen LogP contribution in [-0.2, 0) is 28.6 Å². The second-order valence-electron chi connectivity index (χ2n) is 7.27. The predicted octanol–water partition coefficient (Wildman–Crippen LogP) is 3.27. The monoisotopic (exact) mass is 433 g/mol. The smallest absolute Gasteiger partial charge is 0.455 e. The molecule has 0 amide bonds. The maximum absolute atomic E-state index is 12.7. The maximum Gasteiger partial charge on any atom is 0.510 e. The highest BCUT2D eigenvalue weighted by atomic mass is 17.0. The molecule has 166 valence electrons. The number of hydrogen-bond acceptors (Lipinski definition) is 9. The lowest BCUT2D eigenvalue weighted by molar-refractivity contribution is -0.777. The van der Waals surface area contributed by atoms with Gasteiger partial charge in [0, 0.05) is 0 Å². The van der Waals surface area contributed by atoms with E-state index in [-0.39, 0.29) is 13.2 Å². The van der Waals surface area contributed by atoms with E-state index in [2.05, 4.69) is 15.6 Å². The molecule has 1 fully saturated rings. The molecule has 10 nitrogen and oxygen atoms in total. The number of esters is 1. The van der Waals surface area contributed by atoms with E-state index in [0.717, 1.165) is 21.9 Å². The van der Waals surface area contributed by atoms with Crippen molar-refractivity contribution in [2.45, 2.75) is 45.2 Å². The van der Waals surface area contributed by atoms with Gasteiger partial charge in [-0.1, -0.05) is 42.0 Å². The summed E-state index contributed by atoms with van der Waals surface area (Å²) in [5.41, 5.74) is 1.95. The van der Waals surface area contributed by atoms with E-state index in [1.807, 2.05) is 37.3 Å². The van der Waals surface area contributed by atoms with Crippen LogP contribution in [0.2, 0.25) is 0 Å². The zero-order valence-electron chi connectivity index (χ0n) is 17.3. The van der Waals surface area contributed by atoms with Crippen LogP contribution >= 0.6 is 0 Å². The first-order valence-electron chi connectivity index (χ1n) is 9.70. The van der Waals surface area contributed by atoms with Crippen LogP contribution in [0.4, 0.5) is 4.79 Å². The zero-order valence-corrected chi connectivity index (χ0v) is 17.3. The summed E-state index contributed by atoms with van der Waals surface area (Å²) in [6, 6.07) is 11.8. The van der Waals surface area contributed by atoms with E-state index >= 15 is 0 Å². The molecular formula is C21H23NO9. The average Bonchev–Trinajstić information content (AvgIpc) is 3.12. The Morgan fingerprint density at radius 1 is 1.06 bits per heavy atom. The number of ether oxygens (including phenoxy) is 4. The van der Waals surface area contributed by atoms with E-state index in [1.54, 1.807) is 6.92 Å². The topological polar surface area (TPSA) is 123 Å². The molecule has 4 atom stereocenters. The van der Waals surface area contributed by atoms with Crippen LogP contribution in [0.3, 0.4) is 0 Å². The van der Waals surface area contributed by atoms with Gasteiger partial charge in [0.15, 0.2) is 12.2 Å². The summed E-state index contributed by atoms with van der Waals surface area (Å²) in [5.74, 6) is -1.04. The fourth-order valence-electron chi connectivity index (χ4n) is 3.20. The van der Waals surface area contributed by atoms with E-state index < -0.39 is 41.6 Å². The van der Waals surface area contributed by atoms with Gasteiger partial charge < -0.3 is 18.9 Å². The Morgan fingerprint density at radius 3 is 2.42 bits per heavy atom. The molecule has 0 radical (unpaired) electrons. The van der Waals surface area contributed by atoms with Crippen molar-refractivity contribution in [3.8, 4) is 0 Å². The minimum absolute atomic E-state index is 0.00122. The third kappa shape index (κ3) is 5.82. The van der Waals surface area contributed by atoms with Crippen LogP contribution in [-0.4, -0.2) is 48.9 Å². The van der Waals surface area contributed by atoms with Gasteiger partial charge >= 0.3 is 12.1 Å². The Balaban J connectivity index is 1.59. The van der Waals surface area contributed by atoms with E-state index in [0.29, 0.717) is 0 Å². The summed E-state index contributed by atoms with van der Waals surface area (Å²) < 4.78 is 20.4. The summed E-state index contributed by atoms with van der Waals surface area (Å²) >= 11 is 0. The number of nitrogens with zero attached hydrogens (tertiary/aromatic N) is 1. The molecule has 1 saturated heterocycles. The number of benzene rings is 2. The number of fused-ring (bicyclic) bond motifs is 1. The molecule has 1 heterocycles. The highest BCUT2D eigenvalue weighted by Crippen LogP contribution is 2.25. The zero-order chi connectivity index (χ0) is 22.5. The number of hydrogen-bond donors (Lipinski definition) is 0. The highest BCUT2D eigenvalue weighted by Gasteiger charge is 2.36. The molecule has 0 bridgehead atoms. The maximum atomic E-state index is 12.7. The molecule has 31 heavy (non-hydrogen) atoms. The Kier molecular flexibility index (Phi) is 6.91. The molecule has 1 aliphatic heterocycles. The van der Waals surface area contributed by atoms with Crippen LogP contribution in [0.15, 0.2) is 36.4 Å². The summed E-state index contributed by atoms with van der Waals surface area (Å²) in [7, 11) is 0. The number of carbonyl (C=O) groups excluding carboxylic acids is 2. The summed E-state index contributed by atoms with van der Waals surface area (Å²) in [4.78, 5) is 38.8. The molecule has 3 rings (SSSR count). The van der Waals surface area contributed by atoms with Crippen LogP contribution < -0.4 is 0 Å². The molecule has 0 aliphatic carbocycles. The Bertz CT molecular complexity index is 976. The Labute approximate surface area is 178 Å². The lowest BCUT2D eigenvalue weighted by atomic mass is 9.97. The van der Waals surface area contributed by atoms with Crippen molar-refractivity contribution in [3.05, 3.63) is 57.6 Å². The van der Waals surface area contributed by atoms with Crippen LogP contribution in [0.1, 0.15) is 30.9 Å². The van der Waals surface area contributed by atoms with Gasteiger partial charge in [-0.15, -0.1) is 10.1 Å². The molecule has 0 spiro atoms. The van der Waals surface area contributed by atoms with E-state index in [1.165, 1.54) is 6.92 Å². The number of carbonyl (C=O) groups is 2. The SMILES string of the molecule is Cc1ccc2cc([C@H](C)C(=O)OC3COCC3OC(=O)OC(C)O[N+](=O)[O-])ccc2c1. The number of rotatable bonds is 7. The Hall–Kier alpha value is -3.40. The lowest BCUT2D eigenvalue weighted by Crippen LogP contribution is -2.36. The van der Waals surface area contributed by atoms with Gasteiger partial charge in [0.1, 0.15) is 0 Å². The third-order valence-corrected chi connectivity index (χ3v) is 4.86. The van der Waals surface area contributed by atoms with Gasteiger partial charge in [-0.3, -0.25) is 9.63 Å². The Morgan fingerprint density at radius 2 is 1.71 bits per heavy atom. The largest absolute Gasteiger partial charge is 0.510 e. The fourth-order valence-corrected chi connectivity index (χ4v) is 3.20.